The lowest BCUT2D eigenvalue weighted by Gasteiger charge is -2.11. The summed E-state index contributed by atoms with van der Waals surface area (Å²) in [6, 6.07) is 4.31. The number of benzene rings is 1. The Kier molecular flexibility index (Phi) is 7.46. The van der Waals surface area contributed by atoms with Crippen molar-refractivity contribution in [3.05, 3.63) is 36.2 Å². The lowest BCUT2D eigenvalue weighted by molar-refractivity contribution is -0.129. The minimum atomic E-state index is -0.348. The van der Waals surface area contributed by atoms with E-state index in [1.165, 1.54) is 12.1 Å². The minimum Gasteiger partial charge on any atom is -0.490 e. The maximum atomic E-state index is 13.1. The zero-order valence-corrected chi connectivity index (χ0v) is 12.6. The van der Waals surface area contributed by atoms with Gasteiger partial charge in [-0.25, -0.2) is 4.39 Å². The molecule has 0 fully saturated rings. The van der Waals surface area contributed by atoms with E-state index >= 15 is 0 Å². The molecule has 116 valence electrons. The molecular formula is C16H22FNO3. The molecule has 0 aliphatic rings. The zero-order valence-electron chi connectivity index (χ0n) is 12.6. The van der Waals surface area contributed by atoms with Crippen LogP contribution in [-0.2, 0) is 9.53 Å². The predicted molar refractivity (Wildman–Crippen MR) is 80.7 cm³/mol. The largest absolute Gasteiger partial charge is 0.490 e. The molecule has 0 bridgehead atoms. The van der Waals surface area contributed by atoms with Gasteiger partial charge < -0.3 is 14.4 Å². The highest BCUT2D eigenvalue weighted by molar-refractivity contribution is 5.75. The van der Waals surface area contributed by atoms with Crippen molar-refractivity contribution in [3.8, 4) is 5.75 Å². The molecule has 0 atom stereocenters. The van der Waals surface area contributed by atoms with E-state index in [-0.39, 0.29) is 11.7 Å². The molecule has 0 aliphatic heterocycles. The third kappa shape index (κ3) is 6.40. The second-order valence-corrected chi connectivity index (χ2v) is 4.74. The van der Waals surface area contributed by atoms with Crippen molar-refractivity contribution in [2.75, 3.05) is 33.9 Å². The second-order valence-electron chi connectivity index (χ2n) is 4.74. The average molecular weight is 295 g/mol. The van der Waals surface area contributed by atoms with Gasteiger partial charge in [-0.1, -0.05) is 12.7 Å². The van der Waals surface area contributed by atoms with Gasteiger partial charge >= 0.3 is 0 Å². The van der Waals surface area contributed by atoms with Crippen molar-refractivity contribution in [2.45, 2.75) is 12.8 Å². The van der Waals surface area contributed by atoms with Gasteiger partial charge in [0.25, 0.3) is 0 Å². The second kappa shape index (κ2) is 9.13. The molecule has 0 saturated heterocycles. The molecule has 0 heterocycles. The molecule has 0 aliphatic carbocycles. The van der Waals surface area contributed by atoms with Crippen LogP contribution >= 0.6 is 0 Å². The van der Waals surface area contributed by atoms with Crippen LogP contribution in [0.2, 0.25) is 0 Å². The monoisotopic (exact) mass is 295 g/mol. The zero-order chi connectivity index (χ0) is 15.7. The van der Waals surface area contributed by atoms with Crippen molar-refractivity contribution in [2.24, 2.45) is 0 Å². The van der Waals surface area contributed by atoms with Crippen molar-refractivity contribution in [3.63, 3.8) is 0 Å². The Labute approximate surface area is 125 Å². The van der Waals surface area contributed by atoms with Crippen molar-refractivity contribution >= 4 is 12.0 Å². The highest BCUT2D eigenvalue weighted by atomic mass is 19.1. The maximum Gasteiger partial charge on any atom is 0.222 e. The summed E-state index contributed by atoms with van der Waals surface area (Å²) in [4.78, 5) is 12.9. The number of carbonyl (C=O) groups excluding carboxylic acids is 1. The number of rotatable bonds is 9. The Morgan fingerprint density at radius 3 is 2.76 bits per heavy atom. The number of hydrogen-bond acceptors (Lipinski definition) is 3. The lowest BCUT2D eigenvalue weighted by Crippen LogP contribution is -2.21. The van der Waals surface area contributed by atoms with Crippen molar-refractivity contribution < 1.29 is 18.7 Å². The summed E-state index contributed by atoms with van der Waals surface area (Å²) >= 11 is 0. The molecule has 1 aromatic carbocycles. The molecule has 1 aromatic rings. The number of nitrogens with zero attached hydrogens (tertiary/aromatic N) is 1. The van der Waals surface area contributed by atoms with Gasteiger partial charge in [0.05, 0.1) is 6.61 Å². The van der Waals surface area contributed by atoms with Gasteiger partial charge in [-0.05, 0) is 18.6 Å². The van der Waals surface area contributed by atoms with Gasteiger partial charge in [0, 0.05) is 38.8 Å². The summed E-state index contributed by atoms with van der Waals surface area (Å²) in [5.41, 5.74) is 0.743. The van der Waals surface area contributed by atoms with Gasteiger partial charge in [-0.2, -0.15) is 0 Å². The molecule has 0 saturated carbocycles. The molecule has 0 aromatic heterocycles. The Balaban J connectivity index is 2.19. The van der Waals surface area contributed by atoms with E-state index in [0.717, 1.165) is 5.56 Å². The summed E-state index contributed by atoms with van der Waals surface area (Å²) in [5, 5.41) is 0. The Morgan fingerprint density at radius 2 is 2.10 bits per heavy atom. The molecule has 0 spiro atoms. The van der Waals surface area contributed by atoms with Crippen LogP contribution in [0.15, 0.2) is 24.8 Å². The maximum absolute atomic E-state index is 13.1. The Hall–Kier alpha value is -1.88. The first-order valence-corrected chi connectivity index (χ1v) is 6.87. The first-order chi connectivity index (χ1) is 10.0. The molecule has 0 unspecified atom stereocenters. The minimum absolute atomic E-state index is 0.0882. The molecular weight excluding hydrogens is 273 g/mol. The lowest BCUT2D eigenvalue weighted by atomic mass is 10.2. The van der Waals surface area contributed by atoms with Gasteiger partial charge in [0.15, 0.2) is 0 Å². The molecule has 0 radical (unpaired) electrons. The van der Waals surface area contributed by atoms with E-state index in [2.05, 4.69) is 6.58 Å². The molecule has 5 heteroatoms. The van der Waals surface area contributed by atoms with Crippen molar-refractivity contribution in [1.29, 1.82) is 0 Å². The fourth-order valence-electron chi connectivity index (χ4n) is 1.66. The third-order valence-electron chi connectivity index (χ3n) is 2.86. The predicted octanol–water partition coefficient (Wildman–Crippen LogP) is 2.73. The van der Waals surface area contributed by atoms with Gasteiger partial charge in [0.1, 0.15) is 18.2 Å². The Bertz CT molecular complexity index is 475. The summed E-state index contributed by atoms with van der Waals surface area (Å²) in [6.07, 6.45) is 2.76. The van der Waals surface area contributed by atoms with E-state index in [1.807, 2.05) is 0 Å². The normalized spacial score (nSPS) is 10.2. The molecule has 21 heavy (non-hydrogen) atoms. The summed E-state index contributed by atoms with van der Waals surface area (Å²) in [7, 11) is 3.46. The first kappa shape index (κ1) is 17.2. The van der Waals surface area contributed by atoms with Crippen molar-refractivity contribution in [1.82, 2.24) is 4.90 Å². The fraction of sp³-hybridized carbons (Fsp3) is 0.438. The highest BCUT2D eigenvalue weighted by Crippen LogP contribution is 2.20. The van der Waals surface area contributed by atoms with Gasteiger partial charge in [-0.3, -0.25) is 4.79 Å². The van der Waals surface area contributed by atoms with Crippen LogP contribution in [0.3, 0.4) is 0 Å². The highest BCUT2D eigenvalue weighted by Gasteiger charge is 2.04. The van der Waals surface area contributed by atoms with Crippen LogP contribution in [-0.4, -0.2) is 44.7 Å². The molecule has 1 amide bonds. The summed E-state index contributed by atoms with van der Waals surface area (Å²) in [6.45, 7) is 4.87. The van der Waals surface area contributed by atoms with Crippen LogP contribution in [0.5, 0.6) is 5.75 Å². The number of amides is 1. The topological polar surface area (TPSA) is 38.8 Å². The standard InChI is InChI=1S/C16H22FNO3/c1-4-13-7-8-14(17)12-15(13)21-11-10-20-9-5-6-16(19)18(2)3/h4,7-8,12H,1,5-6,9-11H2,2-3H3. The number of halogens is 1. The van der Waals surface area contributed by atoms with Gasteiger partial charge in [0.2, 0.25) is 5.91 Å². The molecule has 4 nitrogen and oxygen atoms in total. The van der Waals surface area contributed by atoms with E-state index in [1.54, 1.807) is 31.1 Å². The van der Waals surface area contributed by atoms with Crippen LogP contribution in [0.4, 0.5) is 4.39 Å². The number of hydrogen-bond donors (Lipinski definition) is 0. The van der Waals surface area contributed by atoms with Crippen LogP contribution in [0, 0.1) is 5.82 Å². The molecule has 1 rings (SSSR count). The third-order valence-corrected chi connectivity index (χ3v) is 2.86. The van der Waals surface area contributed by atoms with Crippen LogP contribution in [0.25, 0.3) is 6.08 Å². The summed E-state index contributed by atoms with van der Waals surface area (Å²) < 4.78 is 24.0. The average Bonchev–Trinajstić information content (AvgIpc) is 2.46. The quantitative estimate of drug-likeness (QED) is 0.658. The smallest absolute Gasteiger partial charge is 0.222 e. The first-order valence-electron chi connectivity index (χ1n) is 6.87. The number of ether oxygens (including phenoxy) is 2. The summed E-state index contributed by atoms with van der Waals surface area (Å²) in [5.74, 6) is 0.195. The van der Waals surface area contributed by atoms with E-state index < -0.39 is 0 Å². The fourth-order valence-corrected chi connectivity index (χ4v) is 1.66. The molecule has 0 N–H and O–H groups in total. The van der Waals surface area contributed by atoms with E-state index in [4.69, 9.17) is 9.47 Å². The Morgan fingerprint density at radius 1 is 1.33 bits per heavy atom. The number of carbonyl (C=O) groups is 1. The van der Waals surface area contributed by atoms with Crippen LogP contribution in [0.1, 0.15) is 18.4 Å². The van der Waals surface area contributed by atoms with E-state index in [0.29, 0.717) is 38.4 Å². The SMILES string of the molecule is C=Cc1ccc(F)cc1OCCOCCCC(=O)N(C)C. The van der Waals surface area contributed by atoms with Crippen LogP contribution < -0.4 is 4.74 Å². The van der Waals surface area contributed by atoms with Gasteiger partial charge in [-0.15, -0.1) is 0 Å². The van der Waals surface area contributed by atoms with E-state index in [9.17, 15) is 9.18 Å².